The van der Waals surface area contributed by atoms with E-state index < -0.39 is 47.5 Å². The van der Waals surface area contributed by atoms with Crippen molar-refractivity contribution >= 4 is 29.4 Å². The predicted molar refractivity (Wildman–Crippen MR) is 124 cm³/mol. The smallest absolute Gasteiger partial charge is 0.331 e. The Morgan fingerprint density at radius 3 is 2.42 bits per heavy atom. The van der Waals surface area contributed by atoms with Gasteiger partial charge in [-0.2, -0.15) is 5.10 Å². The minimum Gasteiger partial charge on any atom is -0.465 e. The third-order valence-corrected chi connectivity index (χ3v) is 5.60. The van der Waals surface area contributed by atoms with E-state index in [1.165, 1.54) is 33.2 Å². The van der Waals surface area contributed by atoms with Gasteiger partial charge in [-0.1, -0.05) is 23.4 Å². The van der Waals surface area contributed by atoms with Crippen molar-refractivity contribution in [3.05, 3.63) is 46.0 Å². The summed E-state index contributed by atoms with van der Waals surface area (Å²) in [5.74, 6) is 3.19. The van der Waals surface area contributed by atoms with E-state index in [1.54, 1.807) is 0 Å². The molecule has 0 aromatic carbocycles. The quantitative estimate of drug-likeness (QED) is 0.306. The number of nitrogens with zero attached hydrogens (tertiary/aromatic N) is 3. The van der Waals surface area contributed by atoms with Crippen LogP contribution in [0.2, 0.25) is 5.02 Å². The fraction of sp³-hybridized carbons (Fsp3) is 0.458. The molecule has 1 aliphatic rings. The molecule has 0 saturated heterocycles. The number of ether oxygens (including phenoxy) is 2. The van der Waals surface area contributed by atoms with Gasteiger partial charge in [-0.3, -0.25) is 24.0 Å². The molecule has 1 saturated carbocycles. The van der Waals surface area contributed by atoms with Crippen molar-refractivity contribution in [3.63, 3.8) is 0 Å². The number of carbonyl (C=O) groups is 3. The molecule has 12 heteroatoms. The van der Waals surface area contributed by atoms with Crippen molar-refractivity contribution in [2.24, 2.45) is 13.0 Å². The maximum atomic E-state index is 13.4. The molecule has 2 aromatic heterocycles. The van der Waals surface area contributed by atoms with E-state index in [9.17, 15) is 23.2 Å². The van der Waals surface area contributed by atoms with Gasteiger partial charge in [-0.05, 0) is 32.8 Å². The average Bonchev–Trinajstić information content (AvgIpc) is 3.58. The van der Waals surface area contributed by atoms with E-state index in [0.717, 1.165) is 23.7 Å². The van der Waals surface area contributed by atoms with Gasteiger partial charge in [0.2, 0.25) is 5.41 Å². The van der Waals surface area contributed by atoms with Gasteiger partial charge in [-0.25, -0.2) is 8.78 Å². The van der Waals surface area contributed by atoms with Crippen molar-refractivity contribution < 1.29 is 32.6 Å². The summed E-state index contributed by atoms with van der Waals surface area (Å²) in [7, 11) is 1.38. The maximum Gasteiger partial charge on any atom is 0.331 e. The zero-order valence-corrected chi connectivity index (χ0v) is 20.7. The number of alkyl halides is 2. The van der Waals surface area contributed by atoms with E-state index >= 15 is 0 Å². The summed E-state index contributed by atoms with van der Waals surface area (Å²) < 4.78 is 38.1. The standard InChI is InChI=1S/C24H25ClF2N4O5/c1-4-35-22(33)24(23(34)36-5-2,13-29-21(32)16-12-31(3)30-18(16)20(26)27)19-17(25)10-15(11-28-19)9-8-14-6-7-14/h10-12,14,20H,4-7,13H2,1-3H3,(H,29,32). The van der Waals surface area contributed by atoms with E-state index in [4.69, 9.17) is 21.1 Å². The molecule has 1 aliphatic carbocycles. The Kier molecular flexibility index (Phi) is 8.63. The first-order valence-corrected chi connectivity index (χ1v) is 11.6. The first-order chi connectivity index (χ1) is 17.1. The molecule has 36 heavy (non-hydrogen) atoms. The average molecular weight is 523 g/mol. The highest BCUT2D eigenvalue weighted by Gasteiger charge is 2.53. The number of carbonyl (C=O) groups excluding carboxylic acids is 3. The van der Waals surface area contributed by atoms with Gasteiger partial charge in [-0.15, -0.1) is 0 Å². The molecular formula is C24H25ClF2N4O5. The second-order valence-electron chi connectivity index (χ2n) is 8.03. The van der Waals surface area contributed by atoms with Crippen molar-refractivity contribution in [3.8, 4) is 11.8 Å². The van der Waals surface area contributed by atoms with Crippen LogP contribution in [-0.4, -0.2) is 52.4 Å². The van der Waals surface area contributed by atoms with Crippen LogP contribution < -0.4 is 5.32 Å². The van der Waals surface area contributed by atoms with Crippen LogP contribution in [0.5, 0.6) is 0 Å². The third-order valence-electron chi connectivity index (χ3n) is 5.31. The summed E-state index contributed by atoms with van der Waals surface area (Å²) in [5.41, 5.74) is -3.23. The highest BCUT2D eigenvalue weighted by Crippen LogP contribution is 2.33. The second-order valence-corrected chi connectivity index (χ2v) is 8.44. The van der Waals surface area contributed by atoms with Gasteiger partial charge >= 0.3 is 11.9 Å². The number of aryl methyl sites for hydroxylation is 1. The van der Waals surface area contributed by atoms with E-state index in [2.05, 4.69) is 27.2 Å². The SMILES string of the molecule is CCOC(=O)C(CNC(=O)c1cn(C)nc1C(F)F)(C(=O)OCC)c1ncc(C#CC2CC2)cc1Cl. The lowest BCUT2D eigenvalue weighted by atomic mass is 9.83. The molecule has 1 amide bonds. The van der Waals surface area contributed by atoms with Crippen LogP contribution in [-0.2, 0) is 31.5 Å². The summed E-state index contributed by atoms with van der Waals surface area (Å²) in [5, 5.41) is 5.88. The summed E-state index contributed by atoms with van der Waals surface area (Å²) in [6.07, 6.45) is 1.47. The molecule has 2 aromatic rings. The highest BCUT2D eigenvalue weighted by atomic mass is 35.5. The topological polar surface area (TPSA) is 112 Å². The Balaban J connectivity index is 2.04. The molecule has 0 bridgehead atoms. The lowest BCUT2D eigenvalue weighted by Gasteiger charge is -2.29. The Hall–Kier alpha value is -3.52. The molecule has 0 atom stereocenters. The lowest BCUT2D eigenvalue weighted by molar-refractivity contribution is -0.164. The minimum absolute atomic E-state index is 0.0809. The molecule has 3 rings (SSSR count). The number of pyridine rings is 1. The largest absolute Gasteiger partial charge is 0.465 e. The summed E-state index contributed by atoms with van der Waals surface area (Å²) in [6, 6.07) is 1.45. The molecule has 0 radical (unpaired) electrons. The molecular weight excluding hydrogens is 498 g/mol. The molecule has 1 N–H and O–H groups in total. The van der Waals surface area contributed by atoms with Crippen LogP contribution in [0.4, 0.5) is 8.78 Å². The predicted octanol–water partition coefficient (Wildman–Crippen LogP) is 2.96. The summed E-state index contributed by atoms with van der Waals surface area (Å²) in [4.78, 5) is 43.5. The van der Waals surface area contributed by atoms with Gasteiger partial charge in [0.25, 0.3) is 12.3 Å². The monoisotopic (exact) mass is 522 g/mol. The van der Waals surface area contributed by atoms with Crippen molar-refractivity contribution in [1.29, 1.82) is 0 Å². The third kappa shape index (κ3) is 5.82. The zero-order chi connectivity index (χ0) is 26.5. The summed E-state index contributed by atoms with van der Waals surface area (Å²) >= 11 is 6.46. The number of hydrogen-bond donors (Lipinski definition) is 1. The molecule has 0 unspecified atom stereocenters. The molecule has 0 aliphatic heterocycles. The number of amides is 1. The lowest BCUT2D eigenvalue weighted by Crippen LogP contribution is -2.54. The summed E-state index contributed by atoms with van der Waals surface area (Å²) in [6.45, 7) is 2.13. The van der Waals surface area contributed by atoms with Crippen LogP contribution in [0.3, 0.4) is 0 Å². The Labute approximate surface area is 211 Å². The van der Waals surface area contributed by atoms with Gasteiger partial charge in [0, 0.05) is 30.9 Å². The highest BCUT2D eigenvalue weighted by molar-refractivity contribution is 6.32. The van der Waals surface area contributed by atoms with Crippen LogP contribution in [0.25, 0.3) is 0 Å². The maximum absolute atomic E-state index is 13.4. The van der Waals surface area contributed by atoms with Crippen LogP contribution in [0.15, 0.2) is 18.5 Å². The Bertz CT molecular complexity index is 1200. The second kappa shape index (κ2) is 11.5. The van der Waals surface area contributed by atoms with Gasteiger partial charge in [0.05, 0.1) is 36.0 Å². The zero-order valence-electron chi connectivity index (χ0n) is 19.9. The van der Waals surface area contributed by atoms with Gasteiger partial charge in [0.15, 0.2) is 0 Å². The van der Waals surface area contributed by atoms with Crippen LogP contribution >= 0.6 is 11.6 Å². The van der Waals surface area contributed by atoms with Crippen LogP contribution in [0, 0.1) is 17.8 Å². The fourth-order valence-electron chi connectivity index (χ4n) is 3.40. The molecule has 192 valence electrons. The minimum atomic E-state index is -3.02. The molecule has 0 spiro atoms. The van der Waals surface area contributed by atoms with E-state index in [-0.39, 0.29) is 23.9 Å². The number of aromatic nitrogens is 3. The van der Waals surface area contributed by atoms with Crippen molar-refractivity contribution in [2.45, 2.75) is 38.5 Å². The van der Waals surface area contributed by atoms with Crippen LogP contribution in [0.1, 0.15) is 60.4 Å². The normalized spacial score (nSPS) is 13.1. The number of halogens is 3. The first-order valence-electron chi connectivity index (χ1n) is 11.3. The fourth-order valence-corrected chi connectivity index (χ4v) is 3.72. The number of hydrogen-bond acceptors (Lipinski definition) is 7. The van der Waals surface area contributed by atoms with Gasteiger partial charge in [0.1, 0.15) is 5.69 Å². The number of rotatable bonds is 9. The van der Waals surface area contributed by atoms with Crippen molar-refractivity contribution in [1.82, 2.24) is 20.1 Å². The van der Waals surface area contributed by atoms with Gasteiger partial charge < -0.3 is 14.8 Å². The Morgan fingerprint density at radius 2 is 1.89 bits per heavy atom. The Morgan fingerprint density at radius 1 is 1.25 bits per heavy atom. The van der Waals surface area contributed by atoms with E-state index in [1.807, 2.05) is 0 Å². The van der Waals surface area contributed by atoms with E-state index in [0.29, 0.717) is 11.5 Å². The number of nitrogens with one attached hydrogen (secondary N) is 1. The number of esters is 2. The van der Waals surface area contributed by atoms with Crippen molar-refractivity contribution in [2.75, 3.05) is 19.8 Å². The molecule has 1 fully saturated rings. The molecule has 9 nitrogen and oxygen atoms in total. The first kappa shape index (κ1) is 27.1. The molecule has 2 heterocycles.